The summed E-state index contributed by atoms with van der Waals surface area (Å²) in [6.45, 7) is 7.48. The molecule has 1 unspecified atom stereocenters. The minimum atomic E-state index is 0.737. The summed E-state index contributed by atoms with van der Waals surface area (Å²) in [6, 6.07) is 0. The van der Waals surface area contributed by atoms with Gasteiger partial charge in [-0.1, -0.05) is 13.8 Å². The van der Waals surface area contributed by atoms with Crippen LogP contribution in [0.1, 0.15) is 25.8 Å². The minimum absolute atomic E-state index is 0.737. The first kappa shape index (κ1) is 13.6. The van der Waals surface area contributed by atoms with Gasteiger partial charge in [-0.05, 0) is 30.9 Å². The molecule has 0 aliphatic rings. The van der Waals surface area contributed by atoms with Gasteiger partial charge < -0.3 is 5.32 Å². The van der Waals surface area contributed by atoms with Crippen molar-refractivity contribution in [1.29, 1.82) is 0 Å². The highest BCUT2D eigenvalue weighted by molar-refractivity contribution is 7.98. The topological polar surface area (TPSA) is 29.9 Å². The Morgan fingerprint density at radius 3 is 3.06 bits per heavy atom. The molecule has 0 aliphatic heterocycles. The molecule has 4 heteroatoms. The number of thioether (sulfide) groups is 1. The van der Waals surface area contributed by atoms with Gasteiger partial charge >= 0.3 is 0 Å². The highest BCUT2D eigenvalue weighted by atomic mass is 32.2. The van der Waals surface area contributed by atoms with E-state index in [9.17, 15) is 0 Å². The molecule has 16 heavy (non-hydrogen) atoms. The first-order chi connectivity index (χ1) is 7.76. The maximum Gasteiger partial charge on any atom is 0.0534 e. The van der Waals surface area contributed by atoms with Crippen LogP contribution < -0.4 is 5.32 Å². The van der Waals surface area contributed by atoms with E-state index >= 15 is 0 Å². The molecule has 1 rings (SSSR count). The molecule has 0 radical (unpaired) electrons. The van der Waals surface area contributed by atoms with Crippen molar-refractivity contribution in [3.63, 3.8) is 0 Å². The normalized spacial score (nSPS) is 12.9. The molecule has 0 aliphatic carbocycles. The standard InChI is InChI=1S/C12H23N3S/c1-4-5-15-9-12(8-14-15)7-13-6-11(2)10-16-3/h8-9,11,13H,4-7,10H2,1-3H3. The van der Waals surface area contributed by atoms with Crippen LogP contribution in [0.2, 0.25) is 0 Å². The second-order valence-corrected chi connectivity index (χ2v) is 5.21. The number of hydrogen-bond donors (Lipinski definition) is 1. The summed E-state index contributed by atoms with van der Waals surface area (Å²) in [4.78, 5) is 0. The van der Waals surface area contributed by atoms with Gasteiger partial charge in [0.25, 0.3) is 0 Å². The van der Waals surface area contributed by atoms with Crippen LogP contribution in [0.3, 0.4) is 0 Å². The molecule has 1 aromatic rings. The lowest BCUT2D eigenvalue weighted by Crippen LogP contribution is -2.21. The maximum atomic E-state index is 4.31. The molecule has 0 spiro atoms. The molecule has 1 aromatic heterocycles. The lowest BCUT2D eigenvalue weighted by atomic mass is 10.2. The van der Waals surface area contributed by atoms with Crippen LogP contribution in [-0.2, 0) is 13.1 Å². The maximum absolute atomic E-state index is 4.31. The Kier molecular flexibility index (Phi) is 6.57. The molecule has 3 nitrogen and oxygen atoms in total. The van der Waals surface area contributed by atoms with Gasteiger partial charge in [0.1, 0.15) is 0 Å². The Balaban J connectivity index is 2.21. The lowest BCUT2D eigenvalue weighted by Gasteiger charge is -2.09. The van der Waals surface area contributed by atoms with Gasteiger partial charge in [0.15, 0.2) is 0 Å². The van der Waals surface area contributed by atoms with Crippen molar-refractivity contribution in [2.45, 2.75) is 33.4 Å². The van der Waals surface area contributed by atoms with Crippen molar-refractivity contribution in [1.82, 2.24) is 15.1 Å². The molecule has 0 amide bonds. The number of nitrogens with one attached hydrogen (secondary N) is 1. The molecule has 0 saturated carbocycles. The van der Waals surface area contributed by atoms with E-state index in [1.807, 2.05) is 22.6 Å². The van der Waals surface area contributed by atoms with Crippen LogP contribution >= 0.6 is 11.8 Å². The van der Waals surface area contributed by atoms with Gasteiger partial charge in [0, 0.05) is 24.8 Å². The molecule has 1 heterocycles. The van der Waals surface area contributed by atoms with E-state index in [-0.39, 0.29) is 0 Å². The molecular weight excluding hydrogens is 218 g/mol. The average Bonchev–Trinajstić information content (AvgIpc) is 2.67. The van der Waals surface area contributed by atoms with Crippen molar-refractivity contribution in [3.8, 4) is 0 Å². The third kappa shape index (κ3) is 5.03. The molecular formula is C12H23N3S. The van der Waals surface area contributed by atoms with E-state index in [2.05, 4.69) is 36.7 Å². The summed E-state index contributed by atoms with van der Waals surface area (Å²) in [6.07, 6.45) is 7.39. The fourth-order valence-corrected chi connectivity index (χ4v) is 2.34. The van der Waals surface area contributed by atoms with E-state index < -0.39 is 0 Å². The SMILES string of the molecule is CCCn1cc(CNCC(C)CSC)cn1. The molecule has 92 valence electrons. The predicted molar refractivity (Wildman–Crippen MR) is 71.8 cm³/mol. The molecule has 0 saturated heterocycles. The van der Waals surface area contributed by atoms with Gasteiger partial charge in [-0.15, -0.1) is 0 Å². The van der Waals surface area contributed by atoms with Crippen molar-refractivity contribution < 1.29 is 0 Å². The van der Waals surface area contributed by atoms with Crippen molar-refractivity contribution in [3.05, 3.63) is 18.0 Å². The summed E-state index contributed by atoms with van der Waals surface area (Å²) >= 11 is 1.91. The highest BCUT2D eigenvalue weighted by Gasteiger charge is 2.01. The number of aryl methyl sites for hydroxylation is 1. The number of rotatable bonds is 8. The zero-order chi connectivity index (χ0) is 11.8. The number of nitrogens with zero attached hydrogens (tertiary/aromatic N) is 2. The van der Waals surface area contributed by atoms with E-state index in [1.165, 1.54) is 11.3 Å². The van der Waals surface area contributed by atoms with E-state index in [4.69, 9.17) is 0 Å². The summed E-state index contributed by atoms with van der Waals surface area (Å²) in [7, 11) is 0. The Labute approximate surface area is 103 Å². The first-order valence-electron chi connectivity index (χ1n) is 5.97. The second kappa shape index (κ2) is 7.74. The molecule has 1 N–H and O–H groups in total. The van der Waals surface area contributed by atoms with Crippen LogP contribution in [0.15, 0.2) is 12.4 Å². The number of hydrogen-bond acceptors (Lipinski definition) is 3. The monoisotopic (exact) mass is 241 g/mol. The molecule has 0 bridgehead atoms. The minimum Gasteiger partial charge on any atom is -0.312 e. The first-order valence-corrected chi connectivity index (χ1v) is 7.36. The molecule has 1 atom stereocenters. The van der Waals surface area contributed by atoms with Gasteiger partial charge in [-0.3, -0.25) is 4.68 Å². The summed E-state index contributed by atoms with van der Waals surface area (Å²) < 4.78 is 2.02. The quantitative estimate of drug-likeness (QED) is 0.758. The highest BCUT2D eigenvalue weighted by Crippen LogP contribution is 2.03. The van der Waals surface area contributed by atoms with Gasteiger partial charge in [0.2, 0.25) is 0 Å². The zero-order valence-electron chi connectivity index (χ0n) is 10.6. The van der Waals surface area contributed by atoms with Crippen LogP contribution in [0, 0.1) is 5.92 Å². The van der Waals surface area contributed by atoms with Crippen LogP contribution in [-0.4, -0.2) is 28.3 Å². The van der Waals surface area contributed by atoms with Crippen LogP contribution in [0.4, 0.5) is 0 Å². The Morgan fingerprint density at radius 2 is 2.38 bits per heavy atom. The van der Waals surface area contributed by atoms with E-state index in [0.29, 0.717) is 0 Å². The van der Waals surface area contributed by atoms with E-state index in [0.717, 1.165) is 32.0 Å². The Morgan fingerprint density at radius 1 is 1.56 bits per heavy atom. The fourth-order valence-electron chi connectivity index (χ4n) is 1.66. The predicted octanol–water partition coefficient (Wildman–Crippen LogP) is 2.38. The Bertz CT molecular complexity index is 286. The summed E-state index contributed by atoms with van der Waals surface area (Å²) in [5.74, 6) is 1.96. The van der Waals surface area contributed by atoms with Crippen molar-refractivity contribution in [2.75, 3.05) is 18.6 Å². The van der Waals surface area contributed by atoms with Crippen molar-refractivity contribution in [2.24, 2.45) is 5.92 Å². The summed E-state index contributed by atoms with van der Waals surface area (Å²) in [5, 5.41) is 7.79. The van der Waals surface area contributed by atoms with Crippen LogP contribution in [0.25, 0.3) is 0 Å². The summed E-state index contributed by atoms with van der Waals surface area (Å²) in [5.41, 5.74) is 1.28. The van der Waals surface area contributed by atoms with Crippen molar-refractivity contribution >= 4 is 11.8 Å². The fraction of sp³-hybridized carbons (Fsp3) is 0.750. The van der Waals surface area contributed by atoms with Crippen LogP contribution in [0.5, 0.6) is 0 Å². The third-order valence-electron chi connectivity index (χ3n) is 2.41. The zero-order valence-corrected chi connectivity index (χ0v) is 11.4. The second-order valence-electron chi connectivity index (χ2n) is 4.30. The average molecular weight is 241 g/mol. The van der Waals surface area contributed by atoms with Gasteiger partial charge in [-0.25, -0.2) is 0 Å². The number of aromatic nitrogens is 2. The molecule has 0 aromatic carbocycles. The largest absolute Gasteiger partial charge is 0.312 e. The van der Waals surface area contributed by atoms with Gasteiger partial charge in [-0.2, -0.15) is 16.9 Å². The van der Waals surface area contributed by atoms with Gasteiger partial charge in [0.05, 0.1) is 6.20 Å². The third-order valence-corrected chi connectivity index (χ3v) is 3.31. The smallest absolute Gasteiger partial charge is 0.0534 e. The Hall–Kier alpha value is -0.480. The van der Waals surface area contributed by atoms with E-state index in [1.54, 1.807) is 0 Å². The lowest BCUT2D eigenvalue weighted by molar-refractivity contribution is 0.558. The molecule has 0 fully saturated rings.